The number of hydrogen-bond donors (Lipinski definition) is 0. The summed E-state index contributed by atoms with van der Waals surface area (Å²) in [5, 5.41) is 0.935. The summed E-state index contributed by atoms with van der Waals surface area (Å²) < 4.78 is 11.6. The molecule has 1 aromatic heterocycles. The van der Waals surface area contributed by atoms with Crippen LogP contribution < -0.4 is 4.90 Å². The second kappa shape index (κ2) is 10.1. The number of ether oxygens (including phenoxy) is 2. The van der Waals surface area contributed by atoms with Gasteiger partial charge >= 0.3 is 0 Å². The van der Waals surface area contributed by atoms with Crippen molar-refractivity contribution in [2.75, 3.05) is 50.0 Å². The molecule has 0 radical (unpaired) electrons. The number of aromatic nitrogens is 2. The number of hydrogen-bond acceptors (Lipinski definition) is 7. The largest absolute Gasteiger partial charge is 0.356 e. The van der Waals surface area contributed by atoms with E-state index in [-0.39, 0.29) is 5.91 Å². The second-order valence-electron chi connectivity index (χ2n) is 7.10. The van der Waals surface area contributed by atoms with Gasteiger partial charge in [-0.2, -0.15) is 0 Å². The summed E-state index contributed by atoms with van der Waals surface area (Å²) in [5.41, 5.74) is 0. The average molecular weight is 429 g/mol. The molecule has 28 heavy (non-hydrogen) atoms. The van der Waals surface area contributed by atoms with E-state index in [2.05, 4.69) is 28.7 Å². The molecule has 3 rings (SSSR count). The first-order valence-corrected chi connectivity index (χ1v) is 11.4. The predicted octanol–water partition coefficient (Wildman–Crippen LogP) is 3.21. The third-order valence-electron chi connectivity index (χ3n) is 4.99. The molecule has 7 nitrogen and oxygen atoms in total. The molecule has 0 aliphatic carbocycles. The monoisotopic (exact) mass is 428 g/mol. The number of carbonyl (C=O) groups is 1. The van der Waals surface area contributed by atoms with Crippen LogP contribution in [0.1, 0.15) is 39.5 Å². The van der Waals surface area contributed by atoms with Crippen molar-refractivity contribution >= 4 is 35.1 Å². The second-order valence-corrected chi connectivity index (χ2v) is 8.43. The summed E-state index contributed by atoms with van der Waals surface area (Å²) >= 11 is 7.58. The molecule has 1 amide bonds. The van der Waals surface area contributed by atoms with Crippen LogP contribution in [0.25, 0.3) is 0 Å². The van der Waals surface area contributed by atoms with Crippen molar-refractivity contribution in [3.05, 3.63) is 11.2 Å². The van der Waals surface area contributed by atoms with Crippen molar-refractivity contribution in [2.24, 2.45) is 0 Å². The molecule has 0 N–H and O–H groups in total. The van der Waals surface area contributed by atoms with Crippen LogP contribution in [0.5, 0.6) is 0 Å². The molecule has 9 heteroatoms. The highest BCUT2D eigenvalue weighted by Gasteiger charge is 2.40. The van der Waals surface area contributed by atoms with Crippen LogP contribution >= 0.6 is 23.4 Å². The Balaban J connectivity index is 1.59. The molecule has 2 aliphatic heterocycles. The van der Waals surface area contributed by atoms with Gasteiger partial charge in [0.25, 0.3) is 0 Å². The number of carbonyl (C=O) groups excluding carboxylic acids is 1. The molecule has 0 aromatic carbocycles. The molecular formula is C19H29ClN4O3S. The Morgan fingerprint density at radius 3 is 2.46 bits per heavy atom. The molecule has 1 spiro atoms. The van der Waals surface area contributed by atoms with Crippen molar-refractivity contribution in [2.45, 2.75) is 50.5 Å². The lowest BCUT2D eigenvalue weighted by Crippen LogP contribution is -2.45. The van der Waals surface area contributed by atoms with Crippen LogP contribution in [0.4, 0.5) is 5.82 Å². The molecule has 0 bridgehead atoms. The predicted molar refractivity (Wildman–Crippen MR) is 111 cm³/mol. The highest BCUT2D eigenvalue weighted by atomic mass is 35.5. The van der Waals surface area contributed by atoms with E-state index in [1.807, 2.05) is 4.90 Å². The van der Waals surface area contributed by atoms with Gasteiger partial charge in [0.05, 0.1) is 19.0 Å². The Bertz CT molecular complexity index is 657. The molecule has 2 saturated heterocycles. The Labute approximate surface area is 176 Å². The zero-order valence-corrected chi connectivity index (χ0v) is 18.2. The number of piperidine rings is 1. The van der Waals surface area contributed by atoms with Gasteiger partial charge in [-0.1, -0.05) is 37.2 Å². The Morgan fingerprint density at radius 2 is 1.86 bits per heavy atom. The van der Waals surface area contributed by atoms with Gasteiger partial charge < -0.3 is 19.3 Å². The van der Waals surface area contributed by atoms with Gasteiger partial charge in [-0.05, 0) is 12.8 Å². The first-order valence-electron chi connectivity index (χ1n) is 10.0. The number of halogens is 1. The summed E-state index contributed by atoms with van der Waals surface area (Å²) in [6, 6.07) is 1.78. The Morgan fingerprint density at radius 1 is 1.21 bits per heavy atom. The number of thioether (sulfide) groups is 1. The van der Waals surface area contributed by atoms with E-state index in [0.717, 1.165) is 57.7 Å². The molecule has 2 aliphatic rings. The maximum absolute atomic E-state index is 12.5. The lowest BCUT2D eigenvalue weighted by atomic mass is 10.0. The lowest BCUT2D eigenvalue weighted by Gasteiger charge is -2.38. The first-order chi connectivity index (χ1) is 13.5. The summed E-state index contributed by atoms with van der Waals surface area (Å²) in [7, 11) is 0. The van der Waals surface area contributed by atoms with Crippen LogP contribution in [-0.4, -0.2) is 71.7 Å². The summed E-state index contributed by atoms with van der Waals surface area (Å²) in [6.07, 6.45) is 3.52. The molecule has 0 saturated carbocycles. The zero-order valence-electron chi connectivity index (χ0n) is 16.7. The average Bonchev–Trinajstić information content (AvgIpc) is 3.14. The normalized spacial score (nSPS) is 18.6. The molecular weight excluding hydrogens is 400 g/mol. The van der Waals surface area contributed by atoms with E-state index in [4.69, 9.17) is 21.1 Å². The van der Waals surface area contributed by atoms with E-state index in [0.29, 0.717) is 29.3 Å². The quantitative estimate of drug-likeness (QED) is 0.357. The van der Waals surface area contributed by atoms with Crippen LogP contribution in [0.3, 0.4) is 0 Å². The van der Waals surface area contributed by atoms with Crippen LogP contribution in [0.2, 0.25) is 5.15 Å². The fraction of sp³-hybridized carbons (Fsp3) is 0.737. The maximum Gasteiger partial charge on any atom is 0.233 e. The van der Waals surface area contributed by atoms with E-state index >= 15 is 0 Å². The smallest absolute Gasteiger partial charge is 0.233 e. The minimum atomic E-state index is -0.417. The van der Waals surface area contributed by atoms with Crippen LogP contribution in [-0.2, 0) is 14.3 Å². The summed E-state index contributed by atoms with van der Waals surface area (Å²) in [6.45, 7) is 8.65. The van der Waals surface area contributed by atoms with E-state index in [1.54, 1.807) is 6.07 Å². The zero-order chi connectivity index (χ0) is 20.0. The highest BCUT2D eigenvalue weighted by Crippen LogP contribution is 2.33. The summed E-state index contributed by atoms with van der Waals surface area (Å²) in [4.78, 5) is 25.5. The van der Waals surface area contributed by atoms with Crippen molar-refractivity contribution < 1.29 is 14.3 Å². The first kappa shape index (κ1) is 21.6. The van der Waals surface area contributed by atoms with Gasteiger partial charge in [-0.25, -0.2) is 9.97 Å². The topological polar surface area (TPSA) is 67.8 Å². The number of rotatable bonds is 8. The van der Waals surface area contributed by atoms with Gasteiger partial charge in [-0.3, -0.25) is 4.79 Å². The van der Waals surface area contributed by atoms with Crippen molar-refractivity contribution in [3.8, 4) is 0 Å². The van der Waals surface area contributed by atoms with Crippen LogP contribution in [0.15, 0.2) is 11.2 Å². The van der Waals surface area contributed by atoms with Gasteiger partial charge in [0.1, 0.15) is 11.0 Å². The molecule has 0 unspecified atom stereocenters. The standard InChI is InChI=1S/C19H29ClN4O3S/c1-3-7-24(8-4-2)17(25)14-28-18-21-15(20)13-16(22-18)23-9-5-19(6-10-23)26-11-12-27-19/h13H,3-12,14H2,1-2H3. The van der Waals surface area contributed by atoms with E-state index in [9.17, 15) is 4.79 Å². The fourth-order valence-corrected chi connectivity index (χ4v) is 4.58. The number of amides is 1. The number of nitrogens with zero attached hydrogens (tertiary/aromatic N) is 4. The third-order valence-corrected chi connectivity index (χ3v) is 6.01. The Kier molecular flexibility index (Phi) is 7.79. The third kappa shape index (κ3) is 5.49. The molecule has 2 fully saturated rings. The molecule has 156 valence electrons. The fourth-order valence-electron chi connectivity index (χ4n) is 3.59. The maximum atomic E-state index is 12.5. The van der Waals surface area contributed by atoms with Crippen molar-refractivity contribution in [3.63, 3.8) is 0 Å². The van der Waals surface area contributed by atoms with E-state index < -0.39 is 5.79 Å². The number of anilines is 1. The minimum Gasteiger partial charge on any atom is -0.356 e. The van der Waals surface area contributed by atoms with E-state index in [1.165, 1.54) is 11.8 Å². The van der Waals surface area contributed by atoms with Gasteiger partial charge in [0.15, 0.2) is 10.9 Å². The van der Waals surface area contributed by atoms with Crippen LogP contribution in [0, 0.1) is 0 Å². The lowest BCUT2D eigenvalue weighted by molar-refractivity contribution is -0.169. The van der Waals surface area contributed by atoms with Gasteiger partial charge in [0, 0.05) is 45.1 Å². The minimum absolute atomic E-state index is 0.120. The Hall–Kier alpha value is -1.09. The highest BCUT2D eigenvalue weighted by molar-refractivity contribution is 7.99. The SMILES string of the molecule is CCCN(CCC)C(=O)CSc1nc(Cl)cc(N2CCC3(CC2)OCCO3)n1. The molecule has 3 heterocycles. The summed E-state index contributed by atoms with van der Waals surface area (Å²) in [5.74, 6) is 0.820. The molecule has 1 aromatic rings. The van der Waals surface area contributed by atoms with Crippen molar-refractivity contribution in [1.82, 2.24) is 14.9 Å². The van der Waals surface area contributed by atoms with Gasteiger partial charge in [-0.15, -0.1) is 0 Å². The molecule has 0 atom stereocenters. The van der Waals surface area contributed by atoms with Gasteiger partial charge in [0.2, 0.25) is 5.91 Å². The van der Waals surface area contributed by atoms with Crippen molar-refractivity contribution in [1.29, 1.82) is 0 Å².